The smallest absolute Gasteiger partial charge is 0.410 e. The van der Waals surface area contributed by atoms with Crippen LogP contribution in [0.2, 0.25) is 0 Å². The van der Waals surface area contributed by atoms with Crippen molar-refractivity contribution in [3.8, 4) is 0 Å². The number of anilines is 1. The maximum atomic E-state index is 14.1. The molecular weight excluding hydrogens is 506 g/mol. The molecule has 214 valence electrons. The van der Waals surface area contributed by atoms with Gasteiger partial charge in [0.2, 0.25) is 5.95 Å². The van der Waals surface area contributed by atoms with Crippen molar-refractivity contribution in [1.82, 2.24) is 14.9 Å². The fourth-order valence-electron chi connectivity index (χ4n) is 6.23. The van der Waals surface area contributed by atoms with Crippen LogP contribution < -0.4 is 4.90 Å². The van der Waals surface area contributed by atoms with E-state index in [0.717, 1.165) is 12.8 Å². The van der Waals surface area contributed by atoms with E-state index in [2.05, 4.69) is 15.1 Å². The number of hydrogen-bond acceptors (Lipinski definition) is 11. The number of amides is 1. The second kappa shape index (κ2) is 11.0. The number of oxime groups is 1. The van der Waals surface area contributed by atoms with Gasteiger partial charge in [0, 0.05) is 45.4 Å². The topological polar surface area (TPSA) is 136 Å². The highest BCUT2D eigenvalue weighted by molar-refractivity contribution is 6.17. The van der Waals surface area contributed by atoms with E-state index in [9.17, 15) is 14.8 Å². The van der Waals surface area contributed by atoms with E-state index in [4.69, 9.17) is 18.9 Å². The van der Waals surface area contributed by atoms with Crippen molar-refractivity contribution >= 4 is 23.5 Å². The van der Waals surface area contributed by atoms with Gasteiger partial charge in [-0.05, 0) is 52.5 Å². The molecule has 2 unspecified atom stereocenters. The number of ether oxygens (including phenoxy) is 4. The molecule has 0 aromatic carbocycles. The van der Waals surface area contributed by atoms with E-state index in [1.165, 1.54) is 0 Å². The van der Waals surface area contributed by atoms with Gasteiger partial charge in [0.1, 0.15) is 11.3 Å². The Morgan fingerprint density at radius 1 is 1.08 bits per heavy atom. The highest BCUT2D eigenvalue weighted by Gasteiger charge is 2.64. The van der Waals surface area contributed by atoms with Crippen molar-refractivity contribution in [3.63, 3.8) is 0 Å². The molecule has 4 aliphatic rings. The number of aromatic nitrogens is 2. The third kappa shape index (κ3) is 5.33. The molecule has 39 heavy (non-hydrogen) atoms. The average Bonchev–Trinajstić information content (AvgIpc) is 3.23. The number of rotatable bonds is 3. The third-order valence-electron chi connectivity index (χ3n) is 8.06. The fourth-order valence-corrected chi connectivity index (χ4v) is 6.23. The number of carbonyl (C=O) groups is 2. The SMILES string of the molecule is CC(C)(C)OC(=O)N1CCCN(c2nccc(/C(=N\O)C3OCCC4(CCCCC45OCCO5)C3=O)n2)CC1. The van der Waals surface area contributed by atoms with Gasteiger partial charge in [-0.15, -0.1) is 0 Å². The highest BCUT2D eigenvalue weighted by atomic mass is 16.7. The molecule has 1 aromatic heterocycles. The third-order valence-corrected chi connectivity index (χ3v) is 8.06. The van der Waals surface area contributed by atoms with Gasteiger partial charge in [0.05, 0.1) is 24.3 Å². The molecule has 1 aliphatic carbocycles. The van der Waals surface area contributed by atoms with Crippen LogP contribution in [0.25, 0.3) is 0 Å². The number of Topliss-reactive ketones (excluding diaryl/α,β-unsaturated/α-hetero) is 1. The zero-order chi connectivity index (χ0) is 27.7. The first kappa shape index (κ1) is 27.7. The zero-order valence-electron chi connectivity index (χ0n) is 23.1. The minimum atomic E-state index is -1.10. The molecule has 1 N–H and O–H groups in total. The average molecular weight is 546 g/mol. The number of carbonyl (C=O) groups excluding carboxylic acids is 2. The molecule has 1 aromatic rings. The Hall–Kier alpha value is -2.83. The van der Waals surface area contributed by atoms with Crippen LogP contribution in [0.1, 0.15) is 65.0 Å². The van der Waals surface area contributed by atoms with E-state index >= 15 is 0 Å². The lowest BCUT2D eigenvalue weighted by Gasteiger charge is -2.51. The van der Waals surface area contributed by atoms with Crippen LogP contribution in [-0.4, -0.2) is 101 Å². The molecule has 1 amide bonds. The van der Waals surface area contributed by atoms with Crippen LogP contribution in [-0.2, 0) is 23.7 Å². The monoisotopic (exact) mass is 545 g/mol. The van der Waals surface area contributed by atoms with E-state index in [1.807, 2.05) is 25.7 Å². The summed E-state index contributed by atoms with van der Waals surface area (Å²) in [6.07, 6.45) is 4.47. The van der Waals surface area contributed by atoms with Crippen molar-refractivity contribution < 1.29 is 33.7 Å². The summed E-state index contributed by atoms with van der Waals surface area (Å²) in [7, 11) is 0. The van der Waals surface area contributed by atoms with Crippen LogP contribution in [0.3, 0.4) is 0 Å². The Morgan fingerprint density at radius 3 is 2.59 bits per heavy atom. The minimum absolute atomic E-state index is 0.0478. The quantitative estimate of drug-likeness (QED) is 0.343. The van der Waals surface area contributed by atoms with Crippen LogP contribution in [0.5, 0.6) is 0 Å². The standard InChI is InChI=1S/C27H39N5O7/c1-25(2,3)39-24(34)32-13-6-12-31(14-15-32)23-28-11-7-19(29-23)20(30-35)21-22(33)26(10-16-36-21)8-4-5-9-27(26)37-17-18-38-27/h7,11,21,35H,4-6,8-10,12-18H2,1-3H3/b30-20+. The first-order valence-electron chi connectivity index (χ1n) is 13.9. The van der Waals surface area contributed by atoms with Crippen LogP contribution in [0, 0.1) is 5.41 Å². The predicted molar refractivity (Wildman–Crippen MR) is 140 cm³/mol. The van der Waals surface area contributed by atoms with Gasteiger partial charge >= 0.3 is 6.09 Å². The minimum Gasteiger partial charge on any atom is -0.444 e. The van der Waals surface area contributed by atoms with Gasteiger partial charge < -0.3 is 34.0 Å². The van der Waals surface area contributed by atoms with E-state index in [1.54, 1.807) is 17.2 Å². The molecule has 0 radical (unpaired) electrons. The normalized spacial score (nSPS) is 28.1. The van der Waals surface area contributed by atoms with Gasteiger partial charge in [0.25, 0.3) is 0 Å². The van der Waals surface area contributed by atoms with Crippen molar-refractivity contribution in [2.75, 3.05) is 50.9 Å². The molecule has 12 nitrogen and oxygen atoms in total. The molecule has 12 heteroatoms. The lowest BCUT2D eigenvalue weighted by atomic mass is 9.62. The van der Waals surface area contributed by atoms with Crippen LogP contribution in [0.15, 0.2) is 17.4 Å². The van der Waals surface area contributed by atoms with Crippen LogP contribution >= 0.6 is 0 Å². The van der Waals surface area contributed by atoms with Gasteiger partial charge in [-0.1, -0.05) is 11.6 Å². The molecule has 2 spiro atoms. The second-order valence-electron chi connectivity index (χ2n) is 11.6. The maximum Gasteiger partial charge on any atom is 0.410 e. The Labute approximate surface area is 228 Å². The lowest BCUT2D eigenvalue weighted by molar-refractivity contribution is -0.262. The van der Waals surface area contributed by atoms with Gasteiger partial charge in [0.15, 0.2) is 17.7 Å². The summed E-state index contributed by atoms with van der Waals surface area (Å²) in [6.45, 7) is 8.92. The predicted octanol–water partition coefficient (Wildman–Crippen LogP) is 2.76. The van der Waals surface area contributed by atoms with Crippen molar-refractivity contribution in [2.45, 2.75) is 76.8 Å². The molecule has 0 bridgehead atoms. The van der Waals surface area contributed by atoms with Crippen molar-refractivity contribution in [1.29, 1.82) is 0 Å². The highest BCUT2D eigenvalue weighted by Crippen LogP contribution is 2.54. The van der Waals surface area contributed by atoms with Crippen molar-refractivity contribution in [3.05, 3.63) is 18.0 Å². The van der Waals surface area contributed by atoms with Gasteiger partial charge in [-0.25, -0.2) is 14.8 Å². The summed E-state index contributed by atoms with van der Waals surface area (Å²) >= 11 is 0. The second-order valence-corrected chi connectivity index (χ2v) is 11.6. The summed E-state index contributed by atoms with van der Waals surface area (Å²) in [5, 5.41) is 13.6. The van der Waals surface area contributed by atoms with E-state index in [0.29, 0.717) is 83.3 Å². The summed E-state index contributed by atoms with van der Waals surface area (Å²) in [4.78, 5) is 39.4. The molecule has 5 rings (SSSR count). The Kier molecular flexibility index (Phi) is 7.80. The Balaban J connectivity index is 1.34. The van der Waals surface area contributed by atoms with Gasteiger partial charge in [-0.2, -0.15) is 0 Å². The molecule has 3 saturated heterocycles. The molecule has 4 fully saturated rings. The zero-order valence-corrected chi connectivity index (χ0v) is 23.1. The van der Waals surface area contributed by atoms with Crippen molar-refractivity contribution in [2.24, 2.45) is 10.6 Å². The first-order chi connectivity index (χ1) is 18.7. The number of hydrogen-bond donors (Lipinski definition) is 1. The summed E-state index contributed by atoms with van der Waals surface area (Å²) in [6, 6.07) is 1.61. The molecular formula is C27H39N5O7. The first-order valence-corrected chi connectivity index (χ1v) is 13.9. The summed E-state index contributed by atoms with van der Waals surface area (Å²) < 4.78 is 23.7. The van der Waals surface area contributed by atoms with Gasteiger partial charge in [-0.3, -0.25) is 4.79 Å². The molecule has 2 atom stereocenters. The molecule has 4 heterocycles. The maximum absolute atomic E-state index is 14.1. The Morgan fingerprint density at radius 2 is 1.85 bits per heavy atom. The number of nitrogens with zero attached hydrogens (tertiary/aromatic N) is 5. The Bertz CT molecular complexity index is 1100. The molecule has 1 saturated carbocycles. The van der Waals surface area contributed by atoms with Crippen LogP contribution in [0.4, 0.5) is 10.7 Å². The van der Waals surface area contributed by atoms with E-state index < -0.39 is 22.9 Å². The summed E-state index contributed by atoms with van der Waals surface area (Å²) in [5.41, 5.74) is -1.06. The number of ketones is 1. The largest absolute Gasteiger partial charge is 0.444 e. The molecule has 3 aliphatic heterocycles. The number of fused-ring (bicyclic) bond motifs is 1. The summed E-state index contributed by atoms with van der Waals surface area (Å²) in [5.74, 6) is -0.714. The lowest BCUT2D eigenvalue weighted by Crippen LogP contribution is -2.62. The fraction of sp³-hybridized carbons (Fsp3) is 0.741. The van der Waals surface area contributed by atoms with E-state index in [-0.39, 0.29) is 17.6 Å².